The van der Waals surface area contributed by atoms with Gasteiger partial charge in [-0.05, 0) is 61.0 Å². The van der Waals surface area contributed by atoms with Crippen LogP contribution >= 0.6 is 11.6 Å². The Morgan fingerprint density at radius 1 is 1.00 bits per heavy atom. The van der Waals surface area contributed by atoms with Gasteiger partial charge in [-0.25, -0.2) is 0 Å². The van der Waals surface area contributed by atoms with Crippen molar-refractivity contribution < 1.29 is 14.1 Å². The molecule has 2 N–H and O–H groups in total. The minimum atomic E-state index is -0.182. The number of amides is 2. The van der Waals surface area contributed by atoms with E-state index in [-0.39, 0.29) is 18.2 Å². The lowest BCUT2D eigenvalue weighted by Crippen LogP contribution is -2.23. The van der Waals surface area contributed by atoms with Crippen molar-refractivity contribution in [3.8, 4) is 11.4 Å². The fourth-order valence-electron chi connectivity index (χ4n) is 3.25. The third kappa shape index (κ3) is 6.30. The van der Waals surface area contributed by atoms with Gasteiger partial charge in [0.1, 0.15) is 0 Å². The SMILES string of the molecule is Cc1ccc(C(=O)Nc2cccc(CNC(=O)CCc3nc(-c4ccc(Cl)cc4)no3)c2)cc1. The normalized spacial score (nSPS) is 10.6. The molecule has 0 radical (unpaired) electrons. The van der Waals surface area contributed by atoms with Gasteiger partial charge in [-0.15, -0.1) is 0 Å². The number of carbonyl (C=O) groups is 2. The van der Waals surface area contributed by atoms with Crippen LogP contribution in [0.5, 0.6) is 0 Å². The van der Waals surface area contributed by atoms with Gasteiger partial charge in [0, 0.05) is 41.2 Å². The van der Waals surface area contributed by atoms with Crippen LogP contribution in [0.3, 0.4) is 0 Å². The molecule has 0 aliphatic heterocycles. The second kappa shape index (κ2) is 10.8. The molecule has 1 heterocycles. The molecule has 3 aromatic carbocycles. The number of aryl methyl sites for hydroxylation is 2. The molecule has 4 rings (SSSR count). The van der Waals surface area contributed by atoms with E-state index >= 15 is 0 Å². The van der Waals surface area contributed by atoms with Crippen molar-refractivity contribution in [2.24, 2.45) is 0 Å². The summed E-state index contributed by atoms with van der Waals surface area (Å²) in [5.74, 6) is 0.525. The predicted octanol–water partition coefficient (Wildman–Crippen LogP) is 5.20. The summed E-state index contributed by atoms with van der Waals surface area (Å²) in [6.07, 6.45) is 0.547. The van der Waals surface area contributed by atoms with Crippen molar-refractivity contribution in [1.29, 1.82) is 0 Å². The summed E-state index contributed by atoms with van der Waals surface area (Å²) in [7, 11) is 0. The average molecular weight is 475 g/mol. The van der Waals surface area contributed by atoms with Crippen LogP contribution in [0.2, 0.25) is 5.02 Å². The maximum atomic E-state index is 12.4. The van der Waals surface area contributed by atoms with Gasteiger partial charge in [-0.3, -0.25) is 9.59 Å². The molecule has 0 bridgehead atoms. The number of carbonyl (C=O) groups excluding carboxylic acids is 2. The van der Waals surface area contributed by atoms with Gasteiger partial charge in [-0.1, -0.05) is 46.6 Å². The number of aromatic nitrogens is 2. The molecule has 0 spiro atoms. The highest BCUT2D eigenvalue weighted by Gasteiger charge is 2.11. The van der Waals surface area contributed by atoms with Crippen LogP contribution in [0, 0.1) is 6.92 Å². The Bertz CT molecular complexity index is 1280. The van der Waals surface area contributed by atoms with Gasteiger partial charge in [0.05, 0.1) is 0 Å². The van der Waals surface area contributed by atoms with Gasteiger partial charge >= 0.3 is 0 Å². The number of nitrogens with zero attached hydrogens (tertiary/aromatic N) is 2. The molecule has 0 atom stereocenters. The zero-order valence-electron chi connectivity index (χ0n) is 18.5. The van der Waals surface area contributed by atoms with Crippen LogP contribution in [0.25, 0.3) is 11.4 Å². The number of hydrogen-bond donors (Lipinski definition) is 2. The number of halogens is 1. The third-order valence-corrected chi connectivity index (χ3v) is 5.38. The summed E-state index contributed by atoms with van der Waals surface area (Å²) in [4.78, 5) is 29.0. The first-order valence-electron chi connectivity index (χ1n) is 10.8. The monoisotopic (exact) mass is 474 g/mol. The third-order valence-electron chi connectivity index (χ3n) is 5.12. The Morgan fingerprint density at radius 3 is 2.53 bits per heavy atom. The smallest absolute Gasteiger partial charge is 0.255 e. The first kappa shape index (κ1) is 23.2. The summed E-state index contributed by atoms with van der Waals surface area (Å²) < 4.78 is 5.24. The van der Waals surface area contributed by atoms with Crippen LogP contribution in [-0.2, 0) is 17.8 Å². The Labute approximate surface area is 202 Å². The van der Waals surface area contributed by atoms with Crippen LogP contribution in [0.1, 0.15) is 33.8 Å². The van der Waals surface area contributed by atoms with Crippen LogP contribution in [0.4, 0.5) is 5.69 Å². The molecule has 0 fully saturated rings. The van der Waals surface area contributed by atoms with Crippen LogP contribution in [0.15, 0.2) is 77.3 Å². The molecule has 2 amide bonds. The van der Waals surface area contributed by atoms with E-state index in [9.17, 15) is 9.59 Å². The molecule has 0 saturated carbocycles. The second-order valence-corrected chi connectivity index (χ2v) is 8.25. The second-order valence-electron chi connectivity index (χ2n) is 7.82. The van der Waals surface area contributed by atoms with Crippen LogP contribution in [-0.4, -0.2) is 22.0 Å². The number of rotatable bonds is 8. The summed E-state index contributed by atoms with van der Waals surface area (Å²) in [6, 6.07) is 21.9. The van der Waals surface area contributed by atoms with Crippen molar-refractivity contribution in [3.63, 3.8) is 0 Å². The lowest BCUT2D eigenvalue weighted by Gasteiger charge is -2.09. The molecular formula is C26H23ClN4O3. The first-order chi connectivity index (χ1) is 16.5. The van der Waals surface area contributed by atoms with Crippen molar-refractivity contribution >= 4 is 29.1 Å². The summed E-state index contributed by atoms with van der Waals surface area (Å²) in [5.41, 5.74) is 4.01. The Hall–Kier alpha value is -3.97. The molecule has 0 unspecified atom stereocenters. The van der Waals surface area contributed by atoms with E-state index in [1.165, 1.54) is 0 Å². The number of benzene rings is 3. The van der Waals surface area contributed by atoms with Gasteiger partial charge in [0.25, 0.3) is 5.91 Å². The van der Waals surface area contributed by atoms with E-state index in [0.717, 1.165) is 16.7 Å². The van der Waals surface area contributed by atoms with E-state index < -0.39 is 0 Å². The molecule has 8 heteroatoms. The number of anilines is 1. The Balaban J connectivity index is 1.26. The molecule has 0 aliphatic carbocycles. The Morgan fingerprint density at radius 2 is 1.76 bits per heavy atom. The molecular weight excluding hydrogens is 452 g/mol. The molecule has 4 aromatic rings. The van der Waals surface area contributed by atoms with Gasteiger partial charge in [-0.2, -0.15) is 4.98 Å². The molecule has 1 aromatic heterocycles. The largest absolute Gasteiger partial charge is 0.352 e. The van der Waals surface area contributed by atoms with Crippen LogP contribution < -0.4 is 10.6 Å². The molecule has 7 nitrogen and oxygen atoms in total. The predicted molar refractivity (Wildman–Crippen MR) is 130 cm³/mol. The standard InChI is InChI=1S/C26H23ClN4O3/c1-17-5-7-20(8-6-17)26(33)29-22-4-2-3-18(15-22)16-28-23(32)13-14-24-30-25(31-34-24)19-9-11-21(27)12-10-19/h2-12,15H,13-14,16H2,1H3,(H,28,32)(H,29,33). The fourth-order valence-corrected chi connectivity index (χ4v) is 3.38. The quantitative estimate of drug-likeness (QED) is 0.366. The van der Waals surface area contributed by atoms with Gasteiger partial charge < -0.3 is 15.2 Å². The van der Waals surface area contributed by atoms with E-state index in [0.29, 0.717) is 41.0 Å². The highest BCUT2D eigenvalue weighted by molar-refractivity contribution is 6.30. The molecule has 34 heavy (non-hydrogen) atoms. The maximum absolute atomic E-state index is 12.4. The highest BCUT2D eigenvalue weighted by Crippen LogP contribution is 2.19. The molecule has 0 saturated heterocycles. The highest BCUT2D eigenvalue weighted by atomic mass is 35.5. The average Bonchev–Trinajstić information content (AvgIpc) is 3.31. The lowest BCUT2D eigenvalue weighted by atomic mass is 10.1. The van der Waals surface area contributed by atoms with Crippen molar-refractivity contribution in [2.45, 2.75) is 26.3 Å². The van der Waals surface area contributed by atoms with E-state index in [1.807, 2.05) is 43.3 Å². The number of nitrogens with one attached hydrogen (secondary N) is 2. The van der Waals surface area contributed by atoms with Crippen molar-refractivity contribution in [1.82, 2.24) is 15.5 Å². The zero-order valence-corrected chi connectivity index (χ0v) is 19.3. The van der Waals surface area contributed by atoms with E-state index in [4.69, 9.17) is 16.1 Å². The first-order valence-corrected chi connectivity index (χ1v) is 11.2. The van der Waals surface area contributed by atoms with Crippen molar-refractivity contribution in [3.05, 3.63) is 100 Å². The van der Waals surface area contributed by atoms with Gasteiger partial charge in [0.2, 0.25) is 17.6 Å². The topological polar surface area (TPSA) is 97.1 Å². The van der Waals surface area contributed by atoms with E-state index in [1.54, 1.807) is 36.4 Å². The number of hydrogen-bond acceptors (Lipinski definition) is 5. The lowest BCUT2D eigenvalue weighted by molar-refractivity contribution is -0.121. The molecule has 172 valence electrons. The van der Waals surface area contributed by atoms with Gasteiger partial charge in [0.15, 0.2) is 0 Å². The minimum Gasteiger partial charge on any atom is -0.352 e. The maximum Gasteiger partial charge on any atom is 0.255 e. The minimum absolute atomic E-state index is 0.139. The summed E-state index contributed by atoms with van der Waals surface area (Å²) >= 11 is 5.90. The summed E-state index contributed by atoms with van der Waals surface area (Å²) in [6.45, 7) is 2.31. The fraction of sp³-hybridized carbons (Fsp3) is 0.154. The Kier molecular flexibility index (Phi) is 7.34. The molecule has 0 aliphatic rings. The summed E-state index contributed by atoms with van der Waals surface area (Å²) in [5, 5.41) is 10.3. The zero-order chi connectivity index (χ0) is 23.9. The van der Waals surface area contributed by atoms with Crippen molar-refractivity contribution in [2.75, 3.05) is 5.32 Å². The van der Waals surface area contributed by atoms with E-state index in [2.05, 4.69) is 20.8 Å².